The van der Waals surface area contributed by atoms with Gasteiger partial charge in [-0.2, -0.15) is 0 Å². The fourth-order valence-corrected chi connectivity index (χ4v) is 1.68. The zero-order chi connectivity index (χ0) is 13.9. The van der Waals surface area contributed by atoms with Gasteiger partial charge in [-0.1, -0.05) is 24.3 Å². The SMILES string of the molecule is O=S(=O)([O-])[O-].[OH3+].[OH3+].[OH3+].[Zn+2].c1cnc2c(c1)ccc1cccnc12. The van der Waals surface area contributed by atoms with Crippen molar-refractivity contribution in [2.75, 3.05) is 0 Å². The third-order valence-electron chi connectivity index (χ3n) is 2.34. The molecule has 0 spiro atoms. The molecular weight excluding hydrogens is 382 g/mol. The fourth-order valence-electron chi connectivity index (χ4n) is 1.68. The van der Waals surface area contributed by atoms with Crippen LogP contribution in [0.1, 0.15) is 0 Å². The second-order valence-corrected chi connectivity index (χ2v) is 4.44. The van der Waals surface area contributed by atoms with Gasteiger partial charge >= 0.3 is 19.5 Å². The molecule has 0 saturated carbocycles. The average Bonchev–Trinajstić information content (AvgIpc) is 2.37. The van der Waals surface area contributed by atoms with Crippen LogP contribution in [0.4, 0.5) is 0 Å². The Morgan fingerprint density at radius 2 is 1.04 bits per heavy atom. The van der Waals surface area contributed by atoms with E-state index in [1.54, 1.807) is 12.4 Å². The zero-order valence-electron chi connectivity index (χ0n) is 12.0. The van der Waals surface area contributed by atoms with E-state index in [4.69, 9.17) is 17.5 Å². The molecule has 0 fully saturated rings. The molecule has 0 atom stereocenters. The number of rotatable bonds is 0. The first-order valence-electron chi connectivity index (χ1n) is 5.20. The maximum Gasteiger partial charge on any atom is 2.00 e. The van der Waals surface area contributed by atoms with Crippen LogP contribution in [-0.4, -0.2) is 27.5 Å². The number of benzene rings is 1. The first-order valence-corrected chi connectivity index (χ1v) is 6.53. The number of aromatic nitrogens is 2. The normalized spacial score (nSPS) is 9.13. The summed E-state index contributed by atoms with van der Waals surface area (Å²) < 4.78 is 34.1. The smallest absolute Gasteiger partial charge is 0.759 e. The van der Waals surface area contributed by atoms with Gasteiger partial charge in [0.1, 0.15) is 0 Å². The van der Waals surface area contributed by atoms with Gasteiger partial charge in [-0.3, -0.25) is 18.4 Å². The summed E-state index contributed by atoms with van der Waals surface area (Å²) >= 11 is 0. The van der Waals surface area contributed by atoms with Gasteiger partial charge in [-0.25, -0.2) is 0 Å². The standard InChI is InChI=1S/C12H8N2.H2O4S.3H2O.Zn/c1-3-9-5-6-10-4-2-8-14-12(10)11(9)13-7-1;1-5(2,3)4;;;;/h1-8H;(H2,1,2,3,4);3*1H2;/q;;;;;+2/p+1. The summed E-state index contributed by atoms with van der Waals surface area (Å²) in [6.07, 6.45) is 3.60. The van der Waals surface area contributed by atoms with Crippen molar-refractivity contribution >= 4 is 32.2 Å². The van der Waals surface area contributed by atoms with Crippen LogP contribution in [0.15, 0.2) is 48.8 Å². The van der Waals surface area contributed by atoms with Gasteiger partial charge in [-0.15, -0.1) is 0 Å². The van der Waals surface area contributed by atoms with Gasteiger partial charge in [0.05, 0.1) is 11.0 Å². The van der Waals surface area contributed by atoms with E-state index in [1.807, 2.05) is 12.1 Å². The Kier molecular flexibility index (Phi) is 12.6. The second-order valence-electron chi connectivity index (χ2n) is 3.62. The van der Waals surface area contributed by atoms with E-state index in [0.717, 1.165) is 21.8 Å². The van der Waals surface area contributed by atoms with Gasteiger partial charge in [0, 0.05) is 33.6 Å². The van der Waals surface area contributed by atoms with E-state index in [9.17, 15) is 0 Å². The number of hydrogen-bond acceptors (Lipinski definition) is 6. The molecule has 1 aromatic carbocycles. The third kappa shape index (κ3) is 8.00. The van der Waals surface area contributed by atoms with Crippen LogP contribution >= 0.6 is 0 Å². The molecule has 0 radical (unpaired) electrons. The molecule has 2 aromatic heterocycles. The van der Waals surface area contributed by atoms with Crippen molar-refractivity contribution in [1.82, 2.24) is 9.97 Å². The maximum absolute atomic E-state index is 8.52. The summed E-state index contributed by atoms with van der Waals surface area (Å²) in [5, 5.41) is 2.28. The topological polar surface area (TPSA) is 205 Å². The molecule has 0 aliphatic rings. The van der Waals surface area contributed by atoms with Crippen molar-refractivity contribution in [3.05, 3.63) is 48.8 Å². The summed E-state index contributed by atoms with van der Waals surface area (Å²) in [6.45, 7) is 0. The van der Waals surface area contributed by atoms with Crippen molar-refractivity contribution in [2.45, 2.75) is 0 Å². The Balaban J connectivity index is -0.000000400. The van der Waals surface area contributed by atoms with Gasteiger partial charge in [0.2, 0.25) is 0 Å². The van der Waals surface area contributed by atoms with Crippen LogP contribution in [0.3, 0.4) is 0 Å². The molecule has 0 unspecified atom stereocenters. The molecule has 0 aliphatic heterocycles. The Morgan fingerprint density at radius 1 is 0.739 bits per heavy atom. The number of fused-ring (bicyclic) bond motifs is 3. The molecule has 0 aliphatic carbocycles. The van der Waals surface area contributed by atoms with Crippen molar-refractivity contribution in [2.24, 2.45) is 0 Å². The van der Waals surface area contributed by atoms with E-state index in [2.05, 4.69) is 34.2 Å². The maximum atomic E-state index is 8.52. The summed E-state index contributed by atoms with van der Waals surface area (Å²) in [6, 6.07) is 12.1. The minimum Gasteiger partial charge on any atom is -0.759 e. The predicted molar refractivity (Wildman–Crippen MR) is 82.1 cm³/mol. The molecule has 3 aromatic rings. The summed E-state index contributed by atoms with van der Waals surface area (Å²) in [7, 11) is -5.17. The largest absolute Gasteiger partial charge is 2.00 e. The van der Waals surface area contributed by atoms with E-state index < -0.39 is 10.4 Å². The molecule has 122 valence electrons. The van der Waals surface area contributed by atoms with Crippen molar-refractivity contribution in [3.63, 3.8) is 0 Å². The molecule has 23 heavy (non-hydrogen) atoms. The summed E-state index contributed by atoms with van der Waals surface area (Å²) in [5.74, 6) is 0. The molecule has 9 N–H and O–H groups in total. The van der Waals surface area contributed by atoms with Gasteiger partial charge in [-0.05, 0) is 12.1 Å². The molecule has 2 heterocycles. The predicted octanol–water partition coefficient (Wildman–Crippen LogP) is -1.32. The van der Waals surface area contributed by atoms with Crippen molar-refractivity contribution in [3.8, 4) is 0 Å². The Hall–Kier alpha value is -1.59. The molecule has 3 rings (SSSR count). The first kappa shape index (κ1) is 26.3. The van der Waals surface area contributed by atoms with E-state index >= 15 is 0 Å². The zero-order valence-corrected chi connectivity index (χ0v) is 15.8. The van der Waals surface area contributed by atoms with Gasteiger partial charge in [0.25, 0.3) is 0 Å². The fraction of sp³-hybridized carbons (Fsp3) is 0. The van der Waals surface area contributed by atoms with Crippen molar-refractivity contribution < 1.29 is 53.4 Å². The number of nitrogens with zero attached hydrogens (tertiary/aromatic N) is 2. The van der Waals surface area contributed by atoms with Crippen LogP contribution in [0, 0.1) is 0 Å². The minimum absolute atomic E-state index is 0. The quantitative estimate of drug-likeness (QED) is 0.147. The summed E-state index contributed by atoms with van der Waals surface area (Å²) in [4.78, 5) is 8.69. The summed E-state index contributed by atoms with van der Waals surface area (Å²) in [5.41, 5.74) is 1.95. The number of hydrogen-bond donors (Lipinski definition) is 0. The molecular formula is C12H17N2O7SZn+3. The minimum atomic E-state index is -5.17. The first-order chi connectivity index (χ1) is 8.95. The van der Waals surface area contributed by atoms with Gasteiger partial charge < -0.3 is 25.5 Å². The van der Waals surface area contributed by atoms with Crippen LogP contribution in [0.25, 0.3) is 21.8 Å². The van der Waals surface area contributed by atoms with Crippen LogP contribution in [-0.2, 0) is 46.3 Å². The van der Waals surface area contributed by atoms with E-state index in [1.165, 1.54) is 0 Å². The Morgan fingerprint density at radius 3 is 1.35 bits per heavy atom. The second kappa shape index (κ2) is 11.0. The Bertz CT molecular complexity index is 767. The number of pyridine rings is 2. The van der Waals surface area contributed by atoms with Crippen molar-refractivity contribution in [1.29, 1.82) is 0 Å². The average molecular weight is 399 g/mol. The molecule has 0 bridgehead atoms. The van der Waals surface area contributed by atoms with E-state index in [-0.39, 0.29) is 35.9 Å². The molecule has 11 heteroatoms. The van der Waals surface area contributed by atoms with E-state index in [0.29, 0.717) is 0 Å². The molecule has 9 nitrogen and oxygen atoms in total. The van der Waals surface area contributed by atoms with Gasteiger partial charge in [0.15, 0.2) is 0 Å². The van der Waals surface area contributed by atoms with Crippen LogP contribution in [0.5, 0.6) is 0 Å². The monoisotopic (exact) mass is 397 g/mol. The third-order valence-corrected chi connectivity index (χ3v) is 2.34. The van der Waals surface area contributed by atoms with Crippen LogP contribution < -0.4 is 0 Å². The molecule has 0 amide bonds. The van der Waals surface area contributed by atoms with Crippen LogP contribution in [0.2, 0.25) is 0 Å². The molecule has 0 saturated heterocycles. The Labute approximate surface area is 144 Å².